The zero-order valence-corrected chi connectivity index (χ0v) is 20.4. The Kier molecular flexibility index (Phi) is 5.61. The second kappa shape index (κ2) is 8.98. The highest BCUT2D eigenvalue weighted by atomic mass is 35.5. The number of fused-ring (bicyclic) bond motifs is 2. The van der Waals surface area contributed by atoms with E-state index in [0.29, 0.717) is 45.6 Å². The van der Waals surface area contributed by atoms with Crippen LogP contribution in [0.15, 0.2) is 18.3 Å². The van der Waals surface area contributed by atoms with Crippen LogP contribution < -0.4 is 20.9 Å². The van der Waals surface area contributed by atoms with Gasteiger partial charge in [0.2, 0.25) is 5.95 Å². The first-order valence-corrected chi connectivity index (χ1v) is 12.5. The molecule has 3 fully saturated rings. The van der Waals surface area contributed by atoms with Crippen LogP contribution in [0.4, 0.5) is 27.9 Å². The van der Waals surface area contributed by atoms with Crippen LogP contribution in [-0.2, 0) is 0 Å². The molecule has 2 aromatic heterocycles. The van der Waals surface area contributed by atoms with E-state index < -0.39 is 6.09 Å². The molecule has 37 heavy (non-hydrogen) atoms. The van der Waals surface area contributed by atoms with Crippen LogP contribution in [0, 0.1) is 34.5 Å². The van der Waals surface area contributed by atoms with Gasteiger partial charge in [-0.05, 0) is 49.7 Å². The van der Waals surface area contributed by atoms with Gasteiger partial charge >= 0.3 is 6.09 Å². The maximum absolute atomic E-state index is 11.0. The van der Waals surface area contributed by atoms with Crippen molar-refractivity contribution < 1.29 is 9.90 Å². The molecule has 3 atom stereocenters. The molecule has 188 valence electrons. The van der Waals surface area contributed by atoms with E-state index in [9.17, 15) is 15.3 Å². The third-order valence-corrected chi connectivity index (χ3v) is 7.64. The van der Waals surface area contributed by atoms with Crippen LogP contribution in [0.3, 0.4) is 0 Å². The van der Waals surface area contributed by atoms with Crippen LogP contribution in [0.25, 0.3) is 5.65 Å². The number of rotatable bonds is 6. The summed E-state index contributed by atoms with van der Waals surface area (Å²) in [7, 11) is 0. The number of hydrogen-bond donors (Lipinski definition) is 4. The number of nitrogens with one attached hydrogen (secondary N) is 3. The molecule has 0 unspecified atom stereocenters. The average molecular weight is 519 g/mol. The number of nitrogens with zero attached hydrogens (tertiary/aromatic N) is 7. The molecule has 2 saturated carbocycles. The molecular weight excluding hydrogens is 496 g/mol. The van der Waals surface area contributed by atoms with E-state index in [1.807, 2.05) is 0 Å². The maximum Gasteiger partial charge on any atom is 0.404 e. The second-order valence-electron chi connectivity index (χ2n) is 9.83. The van der Waals surface area contributed by atoms with E-state index in [0.717, 1.165) is 44.5 Å². The minimum Gasteiger partial charge on any atom is -0.465 e. The van der Waals surface area contributed by atoms with Crippen molar-refractivity contribution in [3.05, 3.63) is 34.6 Å². The summed E-state index contributed by atoms with van der Waals surface area (Å²) in [6.07, 6.45) is 4.10. The van der Waals surface area contributed by atoms with E-state index in [1.54, 1.807) is 12.1 Å². The summed E-state index contributed by atoms with van der Waals surface area (Å²) in [5, 5.41) is 42.2. The summed E-state index contributed by atoms with van der Waals surface area (Å²) >= 11 is 6.87. The Morgan fingerprint density at radius 1 is 1.14 bits per heavy atom. The summed E-state index contributed by atoms with van der Waals surface area (Å²) < 4.78 is 1.44. The molecule has 6 rings (SSSR count). The van der Waals surface area contributed by atoms with Crippen LogP contribution in [-0.4, -0.2) is 56.0 Å². The SMILES string of the molecule is N#Cc1cc(Nc2nc(NC3CC3)c3ncc(C#N)n3n2)c(Cl)c(N2C[C@H]3C[C@H](NC(=O)O)C[C@H]3C2)c1. The summed E-state index contributed by atoms with van der Waals surface area (Å²) in [6, 6.07) is 7.99. The second-order valence-corrected chi connectivity index (χ2v) is 10.2. The molecule has 12 nitrogen and oxygen atoms in total. The average Bonchev–Trinajstić information content (AvgIpc) is 3.27. The number of halogens is 1. The largest absolute Gasteiger partial charge is 0.465 e. The molecule has 3 aromatic rings. The van der Waals surface area contributed by atoms with Crippen LogP contribution >= 0.6 is 11.6 Å². The van der Waals surface area contributed by atoms with Crippen LogP contribution in [0.5, 0.6) is 0 Å². The van der Waals surface area contributed by atoms with Gasteiger partial charge in [-0.3, -0.25) is 0 Å². The van der Waals surface area contributed by atoms with Crippen molar-refractivity contribution in [2.45, 2.75) is 37.8 Å². The fraction of sp³-hybridized carbons (Fsp3) is 0.417. The number of anilines is 4. The number of carboxylic acid groups (broad SMARTS) is 1. The number of hydrogen-bond acceptors (Lipinski definition) is 9. The number of aromatic nitrogens is 4. The molecule has 0 bridgehead atoms. The fourth-order valence-electron chi connectivity index (χ4n) is 5.43. The van der Waals surface area contributed by atoms with E-state index in [4.69, 9.17) is 16.7 Å². The van der Waals surface area contributed by atoms with Crippen molar-refractivity contribution in [1.82, 2.24) is 24.9 Å². The van der Waals surface area contributed by atoms with Crippen molar-refractivity contribution in [1.29, 1.82) is 10.5 Å². The highest BCUT2D eigenvalue weighted by Gasteiger charge is 2.42. The van der Waals surface area contributed by atoms with E-state index >= 15 is 0 Å². The maximum atomic E-state index is 11.0. The topological polar surface area (TPSA) is 167 Å². The first kappa shape index (κ1) is 23.1. The number of carbonyl (C=O) groups is 1. The van der Waals surface area contributed by atoms with Gasteiger partial charge in [-0.15, -0.1) is 5.10 Å². The number of benzene rings is 1. The van der Waals surface area contributed by atoms with Gasteiger partial charge in [0.05, 0.1) is 34.2 Å². The number of imidazole rings is 1. The lowest BCUT2D eigenvalue weighted by atomic mass is 10.0. The van der Waals surface area contributed by atoms with Gasteiger partial charge in [-0.2, -0.15) is 20.0 Å². The lowest BCUT2D eigenvalue weighted by Crippen LogP contribution is -2.33. The molecule has 0 radical (unpaired) electrons. The van der Waals surface area contributed by atoms with Crippen molar-refractivity contribution in [2.24, 2.45) is 11.8 Å². The van der Waals surface area contributed by atoms with Gasteiger partial charge in [0, 0.05) is 25.2 Å². The minimum atomic E-state index is -0.990. The third-order valence-electron chi connectivity index (χ3n) is 7.24. The molecule has 1 aliphatic heterocycles. The Hall–Kier alpha value is -4.29. The highest BCUT2D eigenvalue weighted by molar-refractivity contribution is 6.36. The lowest BCUT2D eigenvalue weighted by Gasteiger charge is -2.24. The molecular formula is C24H23ClN10O2. The van der Waals surface area contributed by atoms with Crippen LogP contribution in [0.2, 0.25) is 5.02 Å². The molecule has 13 heteroatoms. The molecule has 0 spiro atoms. The van der Waals surface area contributed by atoms with Crippen LogP contribution in [0.1, 0.15) is 36.9 Å². The molecule has 3 heterocycles. The zero-order chi connectivity index (χ0) is 25.7. The Morgan fingerprint density at radius 2 is 1.89 bits per heavy atom. The van der Waals surface area contributed by atoms with Gasteiger partial charge in [-0.1, -0.05) is 11.6 Å². The molecule has 4 N–H and O–H groups in total. The van der Waals surface area contributed by atoms with Gasteiger partial charge in [-0.25, -0.2) is 9.78 Å². The van der Waals surface area contributed by atoms with E-state index in [2.05, 4.69) is 48.1 Å². The normalized spacial score (nSPS) is 22.4. The first-order valence-electron chi connectivity index (χ1n) is 12.1. The molecule has 1 saturated heterocycles. The third kappa shape index (κ3) is 4.41. The van der Waals surface area contributed by atoms with Gasteiger partial charge < -0.3 is 26.0 Å². The lowest BCUT2D eigenvalue weighted by molar-refractivity contribution is 0.189. The monoisotopic (exact) mass is 518 g/mol. The quantitative estimate of drug-likeness (QED) is 0.380. The van der Waals surface area contributed by atoms with E-state index in [1.165, 1.54) is 10.7 Å². The minimum absolute atomic E-state index is 0.0280. The van der Waals surface area contributed by atoms with E-state index in [-0.39, 0.29) is 17.7 Å². The summed E-state index contributed by atoms with van der Waals surface area (Å²) in [6.45, 7) is 1.46. The fourth-order valence-corrected chi connectivity index (χ4v) is 5.71. The Balaban J connectivity index is 1.30. The van der Waals surface area contributed by atoms with Crippen molar-refractivity contribution in [3.8, 4) is 12.1 Å². The van der Waals surface area contributed by atoms with Gasteiger partial charge in [0.1, 0.15) is 6.07 Å². The molecule has 2 aliphatic carbocycles. The smallest absolute Gasteiger partial charge is 0.404 e. The van der Waals surface area contributed by atoms with Gasteiger partial charge in [0.15, 0.2) is 17.2 Å². The number of nitriles is 2. The summed E-state index contributed by atoms with van der Waals surface area (Å²) in [5.74, 6) is 1.44. The molecule has 1 aromatic carbocycles. The Bertz CT molecular complexity index is 1470. The number of amides is 1. The summed E-state index contributed by atoms with van der Waals surface area (Å²) in [4.78, 5) is 22.1. The van der Waals surface area contributed by atoms with Gasteiger partial charge in [0.25, 0.3) is 0 Å². The zero-order valence-electron chi connectivity index (χ0n) is 19.6. The first-order chi connectivity index (χ1) is 17.9. The van der Waals surface area contributed by atoms with Crippen molar-refractivity contribution in [2.75, 3.05) is 28.6 Å². The predicted octanol–water partition coefficient (Wildman–Crippen LogP) is 3.32. The van der Waals surface area contributed by atoms with Crippen molar-refractivity contribution in [3.63, 3.8) is 0 Å². The summed E-state index contributed by atoms with van der Waals surface area (Å²) in [5.41, 5.74) is 2.39. The highest BCUT2D eigenvalue weighted by Crippen LogP contribution is 2.44. The Morgan fingerprint density at radius 3 is 2.54 bits per heavy atom. The molecule has 1 amide bonds. The Labute approximate surface area is 216 Å². The van der Waals surface area contributed by atoms with Crippen molar-refractivity contribution >= 4 is 46.5 Å². The predicted molar refractivity (Wildman–Crippen MR) is 135 cm³/mol. The standard InChI is InChI=1S/C24H23ClN10O2/c25-20-18(31-23-32-21(29-15-1-2-15)22-28-9-17(8-27)35(22)33-23)3-12(7-26)4-19(20)34-10-13-5-16(30-24(36)37)6-14(13)11-34/h3-4,9,13-16,30H,1-2,5-6,10-11H2,(H,36,37)(H2,29,31,32,33)/t13-,14+,16+. The molecule has 3 aliphatic rings.